The summed E-state index contributed by atoms with van der Waals surface area (Å²) in [5.74, 6) is -0.222. The Morgan fingerprint density at radius 2 is 1.38 bits per heavy atom. The number of Topliss-reactive ketones (excluding diaryl/α,β-unsaturated/α-hetero) is 1. The van der Waals surface area contributed by atoms with Crippen LogP contribution in [0.15, 0.2) is 88.3 Å². The topological polar surface area (TPSA) is 29.4 Å². The molecule has 0 heterocycles. The third kappa shape index (κ3) is 2.61. The first-order chi connectivity index (χ1) is 11.7. The van der Waals surface area contributed by atoms with E-state index < -0.39 is 0 Å². The molecule has 0 aromatic heterocycles. The van der Waals surface area contributed by atoms with Crippen LogP contribution in [0.5, 0.6) is 0 Å². The molecule has 0 spiro atoms. The Morgan fingerprint density at radius 3 is 2.08 bits per heavy atom. The lowest BCUT2D eigenvalue weighted by Crippen LogP contribution is -2.13. The van der Waals surface area contributed by atoms with Gasteiger partial charge in [0.05, 0.1) is 17.3 Å². The van der Waals surface area contributed by atoms with Crippen molar-refractivity contribution in [3.8, 4) is 0 Å². The highest BCUT2D eigenvalue weighted by molar-refractivity contribution is 9.10. The van der Waals surface area contributed by atoms with Gasteiger partial charge in [0.25, 0.3) is 0 Å². The average Bonchev–Trinajstić information content (AvgIpc) is 2.90. The van der Waals surface area contributed by atoms with Crippen molar-refractivity contribution >= 4 is 33.1 Å². The van der Waals surface area contributed by atoms with Gasteiger partial charge in [-0.2, -0.15) is 0 Å². The van der Waals surface area contributed by atoms with Crippen LogP contribution in [0.25, 0.3) is 0 Å². The van der Waals surface area contributed by atoms with Crippen LogP contribution in [0.2, 0.25) is 0 Å². The standard InChI is InChI=1S/C21H14BrNO/c22-15-10-12-16(13-11-15)23-20-17-8-4-5-9-18(17)21(24)19(20)14-6-2-1-3-7-14/h1-13,19H/t19-/m0/s1. The van der Waals surface area contributed by atoms with Crippen molar-refractivity contribution in [3.05, 3.63) is 100 Å². The van der Waals surface area contributed by atoms with Crippen molar-refractivity contribution in [2.24, 2.45) is 4.99 Å². The molecule has 2 nitrogen and oxygen atoms in total. The third-order valence-electron chi connectivity index (χ3n) is 4.21. The number of fused-ring (bicyclic) bond motifs is 1. The normalized spacial score (nSPS) is 18.0. The van der Waals surface area contributed by atoms with E-state index in [-0.39, 0.29) is 11.7 Å². The van der Waals surface area contributed by atoms with E-state index in [9.17, 15) is 4.79 Å². The number of hydrogen-bond donors (Lipinski definition) is 0. The molecule has 116 valence electrons. The molecule has 1 atom stereocenters. The number of aliphatic imine (C=N–C) groups is 1. The number of halogens is 1. The van der Waals surface area contributed by atoms with Crippen LogP contribution in [0.3, 0.4) is 0 Å². The number of hydrogen-bond acceptors (Lipinski definition) is 2. The predicted octanol–water partition coefficient (Wildman–Crippen LogP) is 5.55. The van der Waals surface area contributed by atoms with Gasteiger partial charge in [-0.25, -0.2) is 0 Å². The smallest absolute Gasteiger partial charge is 0.176 e. The zero-order chi connectivity index (χ0) is 16.5. The summed E-state index contributed by atoms with van der Waals surface area (Å²) in [6.45, 7) is 0. The van der Waals surface area contributed by atoms with E-state index in [0.29, 0.717) is 0 Å². The van der Waals surface area contributed by atoms with Crippen molar-refractivity contribution in [3.63, 3.8) is 0 Å². The van der Waals surface area contributed by atoms with Gasteiger partial charge >= 0.3 is 0 Å². The Bertz CT molecular complexity index is 930. The third-order valence-corrected chi connectivity index (χ3v) is 4.74. The highest BCUT2D eigenvalue weighted by Crippen LogP contribution is 2.36. The minimum Gasteiger partial charge on any atom is -0.293 e. The summed E-state index contributed by atoms with van der Waals surface area (Å²) in [5, 5.41) is 0. The molecule has 1 aliphatic carbocycles. The summed E-state index contributed by atoms with van der Waals surface area (Å²) in [6.07, 6.45) is 0. The zero-order valence-electron chi connectivity index (χ0n) is 12.8. The largest absolute Gasteiger partial charge is 0.293 e. The van der Waals surface area contributed by atoms with Crippen LogP contribution >= 0.6 is 15.9 Å². The summed E-state index contributed by atoms with van der Waals surface area (Å²) in [4.78, 5) is 17.8. The highest BCUT2D eigenvalue weighted by atomic mass is 79.9. The van der Waals surface area contributed by atoms with Gasteiger partial charge in [-0.15, -0.1) is 0 Å². The van der Waals surface area contributed by atoms with Crippen LogP contribution in [-0.4, -0.2) is 11.5 Å². The molecule has 0 saturated carbocycles. The fourth-order valence-electron chi connectivity index (χ4n) is 3.09. The van der Waals surface area contributed by atoms with Gasteiger partial charge in [-0.1, -0.05) is 70.5 Å². The van der Waals surface area contributed by atoms with Crippen molar-refractivity contribution in [2.45, 2.75) is 5.92 Å². The molecule has 0 bridgehead atoms. The molecular weight excluding hydrogens is 362 g/mol. The van der Waals surface area contributed by atoms with E-state index in [2.05, 4.69) is 15.9 Å². The number of rotatable bonds is 2. The quantitative estimate of drug-likeness (QED) is 0.577. The van der Waals surface area contributed by atoms with Crippen LogP contribution in [0, 0.1) is 0 Å². The Hall–Kier alpha value is -2.52. The summed E-state index contributed by atoms with van der Waals surface area (Å²) < 4.78 is 1.01. The van der Waals surface area contributed by atoms with E-state index in [1.807, 2.05) is 78.9 Å². The Morgan fingerprint density at radius 1 is 0.750 bits per heavy atom. The Labute approximate surface area is 149 Å². The van der Waals surface area contributed by atoms with Gasteiger partial charge in [-0.3, -0.25) is 9.79 Å². The lowest BCUT2D eigenvalue weighted by molar-refractivity contribution is 0.0988. The van der Waals surface area contributed by atoms with Crippen molar-refractivity contribution in [1.82, 2.24) is 0 Å². The zero-order valence-corrected chi connectivity index (χ0v) is 14.4. The van der Waals surface area contributed by atoms with E-state index in [1.165, 1.54) is 0 Å². The van der Waals surface area contributed by atoms with Crippen LogP contribution < -0.4 is 0 Å². The van der Waals surface area contributed by atoms with Crippen LogP contribution in [0.1, 0.15) is 27.4 Å². The molecule has 0 fully saturated rings. The minimum absolute atomic E-state index is 0.118. The number of carbonyl (C=O) groups is 1. The van der Waals surface area contributed by atoms with Gasteiger partial charge < -0.3 is 0 Å². The lowest BCUT2D eigenvalue weighted by Gasteiger charge is -2.11. The van der Waals surface area contributed by atoms with Gasteiger partial charge in [0.15, 0.2) is 5.78 Å². The summed E-state index contributed by atoms with van der Waals surface area (Å²) in [5.41, 5.74) is 4.33. The molecule has 4 rings (SSSR count). The summed E-state index contributed by atoms with van der Waals surface area (Å²) in [7, 11) is 0. The maximum absolute atomic E-state index is 13.0. The lowest BCUT2D eigenvalue weighted by atomic mass is 9.93. The van der Waals surface area contributed by atoms with E-state index in [0.717, 1.165) is 32.6 Å². The molecule has 0 unspecified atom stereocenters. The predicted molar refractivity (Wildman–Crippen MR) is 100 cm³/mol. The first kappa shape index (κ1) is 15.0. The number of ketones is 1. The molecule has 0 radical (unpaired) electrons. The molecule has 3 heteroatoms. The number of benzene rings is 3. The van der Waals surface area contributed by atoms with E-state index in [1.54, 1.807) is 0 Å². The van der Waals surface area contributed by atoms with Crippen molar-refractivity contribution in [2.75, 3.05) is 0 Å². The summed E-state index contributed by atoms with van der Waals surface area (Å²) >= 11 is 3.44. The van der Waals surface area contributed by atoms with Gasteiger partial charge in [0.1, 0.15) is 0 Å². The average molecular weight is 376 g/mol. The van der Waals surface area contributed by atoms with Gasteiger partial charge in [0.2, 0.25) is 0 Å². The first-order valence-electron chi connectivity index (χ1n) is 7.77. The second-order valence-corrected chi connectivity index (χ2v) is 6.64. The summed E-state index contributed by atoms with van der Waals surface area (Å²) in [6, 6.07) is 25.4. The Balaban J connectivity index is 1.89. The molecule has 0 aliphatic heterocycles. The molecule has 0 N–H and O–H groups in total. The first-order valence-corrected chi connectivity index (χ1v) is 8.56. The number of carbonyl (C=O) groups excluding carboxylic acids is 1. The molecule has 0 saturated heterocycles. The van der Waals surface area contributed by atoms with Gasteiger partial charge in [0, 0.05) is 15.6 Å². The van der Waals surface area contributed by atoms with Crippen LogP contribution in [-0.2, 0) is 0 Å². The molecule has 3 aromatic rings. The monoisotopic (exact) mass is 375 g/mol. The van der Waals surface area contributed by atoms with Crippen molar-refractivity contribution < 1.29 is 4.79 Å². The van der Waals surface area contributed by atoms with E-state index in [4.69, 9.17) is 4.99 Å². The van der Waals surface area contributed by atoms with Gasteiger partial charge in [-0.05, 0) is 29.8 Å². The molecular formula is C21H14BrNO. The Kier molecular flexibility index (Phi) is 3.87. The minimum atomic E-state index is -0.341. The van der Waals surface area contributed by atoms with Crippen molar-refractivity contribution in [1.29, 1.82) is 0 Å². The maximum atomic E-state index is 13.0. The highest BCUT2D eigenvalue weighted by Gasteiger charge is 2.37. The maximum Gasteiger partial charge on any atom is 0.176 e. The molecule has 0 amide bonds. The second-order valence-electron chi connectivity index (χ2n) is 5.73. The second kappa shape index (κ2) is 6.17. The fourth-order valence-corrected chi connectivity index (χ4v) is 3.36. The SMILES string of the molecule is O=C1c2ccccc2C(=Nc2ccc(Br)cc2)[C@@H]1c1ccccc1. The molecule has 24 heavy (non-hydrogen) atoms. The van der Waals surface area contributed by atoms with E-state index >= 15 is 0 Å². The number of nitrogens with zero attached hydrogens (tertiary/aromatic N) is 1. The molecule has 1 aliphatic rings. The fraction of sp³-hybridized carbons (Fsp3) is 0.0476. The molecule has 3 aromatic carbocycles. The van der Waals surface area contributed by atoms with Crippen LogP contribution in [0.4, 0.5) is 5.69 Å².